The number of ether oxygens (including phenoxy) is 2. The predicted molar refractivity (Wildman–Crippen MR) is 68.7 cm³/mol. The van der Waals surface area contributed by atoms with Crippen molar-refractivity contribution in [2.24, 2.45) is 0 Å². The number of hydrogen-bond acceptors (Lipinski definition) is 4. The van der Waals surface area contributed by atoms with Gasteiger partial charge in [-0.2, -0.15) is 0 Å². The summed E-state index contributed by atoms with van der Waals surface area (Å²) in [5.41, 5.74) is -0.870. The molecular formula is C13H25NO4. The SMILES string of the molecule is CCCOCCOCCC(C)(NC1CC1)C(=O)O. The molecule has 1 rings (SSSR count). The van der Waals surface area contributed by atoms with E-state index in [4.69, 9.17) is 9.47 Å². The molecule has 0 radical (unpaired) electrons. The van der Waals surface area contributed by atoms with Gasteiger partial charge in [-0.15, -0.1) is 0 Å². The molecule has 5 heteroatoms. The maximum absolute atomic E-state index is 11.2. The quantitative estimate of drug-likeness (QED) is 0.549. The smallest absolute Gasteiger partial charge is 0.323 e. The first-order valence-electron chi connectivity index (χ1n) is 6.75. The molecule has 1 saturated carbocycles. The van der Waals surface area contributed by atoms with Crippen molar-refractivity contribution in [3.63, 3.8) is 0 Å². The molecule has 1 aliphatic rings. The summed E-state index contributed by atoms with van der Waals surface area (Å²) in [6, 6.07) is 0.374. The molecule has 0 heterocycles. The highest BCUT2D eigenvalue weighted by Crippen LogP contribution is 2.24. The molecular weight excluding hydrogens is 234 g/mol. The first-order chi connectivity index (χ1) is 8.58. The minimum absolute atomic E-state index is 0.374. The fourth-order valence-electron chi connectivity index (χ4n) is 1.66. The molecule has 0 spiro atoms. The maximum Gasteiger partial charge on any atom is 0.323 e. The van der Waals surface area contributed by atoms with Crippen molar-refractivity contribution in [3.8, 4) is 0 Å². The third kappa shape index (κ3) is 5.80. The van der Waals surface area contributed by atoms with E-state index in [2.05, 4.69) is 12.2 Å². The van der Waals surface area contributed by atoms with Gasteiger partial charge < -0.3 is 14.6 Å². The van der Waals surface area contributed by atoms with Gasteiger partial charge in [0.05, 0.1) is 13.2 Å². The maximum atomic E-state index is 11.2. The molecule has 1 aliphatic carbocycles. The molecule has 18 heavy (non-hydrogen) atoms. The van der Waals surface area contributed by atoms with Crippen molar-refractivity contribution in [1.29, 1.82) is 0 Å². The van der Waals surface area contributed by atoms with Gasteiger partial charge in [0.1, 0.15) is 5.54 Å². The third-order valence-corrected chi connectivity index (χ3v) is 3.04. The lowest BCUT2D eigenvalue weighted by Crippen LogP contribution is -2.51. The zero-order valence-corrected chi connectivity index (χ0v) is 11.4. The second-order valence-electron chi connectivity index (χ2n) is 5.03. The van der Waals surface area contributed by atoms with Crippen LogP contribution in [0.4, 0.5) is 0 Å². The Balaban J connectivity index is 2.11. The van der Waals surface area contributed by atoms with Crippen LogP contribution < -0.4 is 5.32 Å². The van der Waals surface area contributed by atoms with E-state index < -0.39 is 11.5 Å². The minimum Gasteiger partial charge on any atom is -0.480 e. The summed E-state index contributed by atoms with van der Waals surface area (Å²) in [4.78, 5) is 11.2. The van der Waals surface area contributed by atoms with Crippen molar-refractivity contribution < 1.29 is 19.4 Å². The summed E-state index contributed by atoms with van der Waals surface area (Å²) in [5.74, 6) is -0.805. The summed E-state index contributed by atoms with van der Waals surface area (Å²) in [6.45, 7) is 6.08. The Hall–Kier alpha value is -0.650. The van der Waals surface area contributed by atoms with E-state index >= 15 is 0 Å². The van der Waals surface area contributed by atoms with Crippen LogP contribution >= 0.6 is 0 Å². The molecule has 1 fully saturated rings. The van der Waals surface area contributed by atoms with Crippen LogP contribution in [0, 0.1) is 0 Å². The molecule has 0 saturated heterocycles. The predicted octanol–water partition coefficient (Wildman–Crippen LogP) is 1.41. The highest BCUT2D eigenvalue weighted by molar-refractivity contribution is 5.78. The standard InChI is InChI=1S/C13H25NO4/c1-3-7-17-9-10-18-8-6-13(2,12(15)16)14-11-4-5-11/h11,14H,3-10H2,1-2H3,(H,15,16). The summed E-state index contributed by atoms with van der Waals surface area (Å²) < 4.78 is 10.7. The van der Waals surface area contributed by atoms with Crippen LogP contribution in [0.25, 0.3) is 0 Å². The lowest BCUT2D eigenvalue weighted by molar-refractivity contribution is -0.145. The van der Waals surface area contributed by atoms with Crippen molar-refractivity contribution in [1.82, 2.24) is 5.32 Å². The van der Waals surface area contributed by atoms with E-state index in [1.807, 2.05) is 0 Å². The second kappa shape index (κ2) is 7.71. The molecule has 5 nitrogen and oxygen atoms in total. The Morgan fingerprint density at radius 3 is 2.39 bits per heavy atom. The molecule has 0 amide bonds. The van der Waals surface area contributed by atoms with E-state index in [1.54, 1.807) is 6.92 Å². The van der Waals surface area contributed by atoms with E-state index in [0.717, 1.165) is 25.9 Å². The zero-order valence-electron chi connectivity index (χ0n) is 11.4. The highest BCUT2D eigenvalue weighted by Gasteiger charge is 2.38. The molecule has 0 aliphatic heterocycles. The Bertz CT molecular complexity index is 255. The monoisotopic (exact) mass is 259 g/mol. The van der Waals surface area contributed by atoms with E-state index in [-0.39, 0.29) is 0 Å². The molecule has 0 aromatic heterocycles. The van der Waals surface area contributed by atoms with Gasteiger partial charge in [-0.25, -0.2) is 0 Å². The van der Waals surface area contributed by atoms with Gasteiger partial charge in [-0.3, -0.25) is 10.1 Å². The molecule has 2 N–H and O–H groups in total. The lowest BCUT2D eigenvalue weighted by atomic mass is 9.98. The first-order valence-corrected chi connectivity index (χ1v) is 6.75. The molecule has 0 aromatic rings. The third-order valence-electron chi connectivity index (χ3n) is 3.04. The van der Waals surface area contributed by atoms with Gasteiger partial charge in [-0.1, -0.05) is 6.92 Å². The van der Waals surface area contributed by atoms with Crippen LogP contribution in [0.1, 0.15) is 39.5 Å². The van der Waals surface area contributed by atoms with E-state index in [1.165, 1.54) is 0 Å². The Kier molecular flexibility index (Phi) is 6.60. The number of aliphatic carboxylic acids is 1. The number of nitrogens with one attached hydrogen (secondary N) is 1. The molecule has 0 bridgehead atoms. The van der Waals surface area contributed by atoms with Gasteiger partial charge in [0.25, 0.3) is 0 Å². The molecule has 0 aromatic carbocycles. The Labute approximate surface area is 109 Å². The highest BCUT2D eigenvalue weighted by atomic mass is 16.5. The van der Waals surface area contributed by atoms with Gasteiger partial charge in [0.2, 0.25) is 0 Å². The molecule has 1 atom stereocenters. The van der Waals surface area contributed by atoms with E-state index in [0.29, 0.717) is 32.3 Å². The van der Waals surface area contributed by atoms with Gasteiger partial charge in [0.15, 0.2) is 0 Å². The van der Waals surface area contributed by atoms with Crippen molar-refractivity contribution >= 4 is 5.97 Å². The molecule has 106 valence electrons. The minimum atomic E-state index is -0.870. The Morgan fingerprint density at radius 1 is 1.28 bits per heavy atom. The molecule has 1 unspecified atom stereocenters. The summed E-state index contributed by atoms with van der Waals surface area (Å²) >= 11 is 0. The largest absolute Gasteiger partial charge is 0.480 e. The fourth-order valence-corrected chi connectivity index (χ4v) is 1.66. The van der Waals surface area contributed by atoms with Crippen LogP contribution in [-0.4, -0.2) is 49.1 Å². The van der Waals surface area contributed by atoms with Crippen molar-refractivity contribution in [2.75, 3.05) is 26.4 Å². The lowest BCUT2D eigenvalue weighted by Gasteiger charge is -2.26. The average Bonchev–Trinajstić information content (AvgIpc) is 3.11. The topological polar surface area (TPSA) is 67.8 Å². The van der Waals surface area contributed by atoms with Crippen molar-refractivity contribution in [3.05, 3.63) is 0 Å². The van der Waals surface area contributed by atoms with Gasteiger partial charge in [0, 0.05) is 19.3 Å². The number of hydrogen-bond donors (Lipinski definition) is 2. The first kappa shape index (κ1) is 15.4. The van der Waals surface area contributed by atoms with Gasteiger partial charge in [-0.05, 0) is 32.6 Å². The number of carbonyl (C=O) groups is 1. The Morgan fingerprint density at radius 2 is 1.89 bits per heavy atom. The van der Waals surface area contributed by atoms with Crippen LogP contribution in [0.5, 0.6) is 0 Å². The van der Waals surface area contributed by atoms with Crippen LogP contribution in [0.3, 0.4) is 0 Å². The number of carboxylic acids is 1. The fraction of sp³-hybridized carbons (Fsp3) is 0.923. The van der Waals surface area contributed by atoms with Crippen LogP contribution in [0.15, 0.2) is 0 Å². The summed E-state index contributed by atoms with van der Waals surface area (Å²) in [7, 11) is 0. The number of rotatable bonds is 11. The average molecular weight is 259 g/mol. The normalized spacial score (nSPS) is 18.6. The summed E-state index contributed by atoms with van der Waals surface area (Å²) in [5, 5.41) is 12.4. The van der Waals surface area contributed by atoms with E-state index in [9.17, 15) is 9.90 Å². The van der Waals surface area contributed by atoms with Gasteiger partial charge >= 0.3 is 5.97 Å². The van der Waals surface area contributed by atoms with Crippen LogP contribution in [0.2, 0.25) is 0 Å². The van der Waals surface area contributed by atoms with Crippen LogP contribution in [-0.2, 0) is 14.3 Å². The van der Waals surface area contributed by atoms with Crippen molar-refractivity contribution in [2.45, 2.75) is 51.1 Å². The number of carboxylic acid groups (broad SMARTS) is 1. The zero-order chi connectivity index (χ0) is 13.4. The summed E-state index contributed by atoms with van der Waals surface area (Å²) in [6.07, 6.45) is 3.64. The second-order valence-corrected chi connectivity index (χ2v) is 5.03.